The number of thioether (sulfide) groups is 1. The third-order valence-corrected chi connectivity index (χ3v) is 8.86. The van der Waals surface area contributed by atoms with Crippen LogP contribution in [0.15, 0.2) is 119 Å². The van der Waals surface area contributed by atoms with Gasteiger partial charge in [-0.1, -0.05) is 116 Å². The lowest BCUT2D eigenvalue weighted by Crippen LogP contribution is -2.38. The third kappa shape index (κ3) is 7.35. The van der Waals surface area contributed by atoms with Crippen LogP contribution in [0.1, 0.15) is 42.9 Å². The summed E-state index contributed by atoms with van der Waals surface area (Å²) < 4.78 is 19.6. The topological polar surface area (TPSA) is 106 Å². The van der Waals surface area contributed by atoms with E-state index in [0.717, 1.165) is 39.3 Å². The van der Waals surface area contributed by atoms with Crippen LogP contribution in [-0.4, -0.2) is 34.5 Å². The van der Waals surface area contributed by atoms with E-state index < -0.39 is 6.29 Å². The summed E-state index contributed by atoms with van der Waals surface area (Å²) in [6.45, 7) is 4.50. The molecule has 1 fully saturated rings. The fourth-order valence-electron chi connectivity index (χ4n) is 5.50. The predicted molar refractivity (Wildman–Crippen MR) is 180 cm³/mol. The molecule has 0 aliphatic carbocycles. The van der Waals surface area contributed by atoms with Crippen molar-refractivity contribution in [3.8, 4) is 22.6 Å². The maximum Gasteiger partial charge on any atom is 0.319 e. The van der Waals surface area contributed by atoms with Crippen LogP contribution >= 0.6 is 11.8 Å². The van der Waals surface area contributed by atoms with Gasteiger partial charge in [0, 0.05) is 40.6 Å². The van der Waals surface area contributed by atoms with Crippen molar-refractivity contribution in [3.63, 3.8) is 0 Å². The Morgan fingerprint density at radius 3 is 2.28 bits per heavy atom. The van der Waals surface area contributed by atoms with Gasteiger partial charge in [0.15, 0.2) is 12.1 Å². The van der Waals surface area contributed by atoms with Gasteiger partial charge in [0.05, 0.1) is 18.8 Å². The molecule has 5 aromatic rings. The molecule has 9 heteroatoms. The zero-order valence-electron chi connectivity index (χ0n) is 25.8. The highest BCUT2D eigenvalue weighted by molar-refractivity contribution is 7.99. The highest BCUT2D eigenvalue weighted by Crippen LogP contribution is 2.44. The number of aliphatic hydroxyl groups is 1. The van der Waals surface area contributed by atoms with Crippen LogP contribution in [0.25, 0.3) is 22.6 Å². The number of benzene rings is 4. The molecular weight excluding hydrogens is 598 g/mol. The summed E-state index contributed by atoms with van der Waals surface area (Å²) in [6.07, 6.45) is -1.18. The van der Waals surface area contributed by atoms with Crippen LogP contribution in [0.2, 0.25) is 0 Å². The van der Waals surface area contributed by atoms with Crippen LogP contribution in [0.4, 0.5) is 10.5 Å². The first-order chi connectivity index (χ1) is 22.5. The van der Waals surface area contributed by atoms with Crippen molar-refractivity contribution in [2.45, 2.75) is 44.2 Å². The molecule has 1 aromatic heterocycles. The number of hydrogen-bond donors (Lipinski definition) is 3. The van der Waals surface area contributed by atoms with Crippen LogP contribution in [0, 0.1) is 5.92 Å². The number of carbonyl (C=O) groups is 1. The average molecular weight is 636 g/mol. The molecule has 0 radical (unpaired) electrons. The van der Waals surface area contributed by atoms with Gasteiger partial charge in [0.25, 0.3) is 5.22 Å². The number of nitrogens with zero attached hydrogens (tertiary/aromatic N) is 1. The monoisotopic (exact) mass is 635 g/mol. The smallest absolute Gasteiger partial charge is 0.319 e. The van der Waals surface area contributed by atoms with Crippen LogP contribution < -0.4 is 10.6 Å². The largest absolute Gasteiger partial charge is 0.431 e. The second-order valence-electron chi connectivity index (χ2n) is 11.1. The van der Waals surface area contributed by atoms with E-state index in [9.17, 15) is 9.90 Å². The minimum Gasteiger partial charge on any atom is -0.431 e. The van der Waals surface area contributed by atoms with Gasteiger partial charge in [-0.25, -0.2) is 9.78 Å². The number of nitrogens with one attached hydrogen (secondary N) is 2. The number of anilines is 1. The van der Waals surface area contributed by atoms with Crippen molar-refractivity contribution in [1.82, 2.24) is 10.3 Å². The highest BCUT2D eigenvalue weighted by atomic mass is 32.2. The van der Waals surface area contributed by atoms with Crippen LogP contribution in [0.3, 0.4) is 0 Å². The fourth-order valence-corrected chi connectivity index (χ4v) is 6.49. The lowest BCUT2D eigenvalue weighted by molar-refractivity contribution is -0.268. The SMILES string of the molecule is CCNC(=O)Nc1cccc(C2O[C@H](CSc3nc(-c4ccccc4)c(-c4ccccc4)o3)[C@H](C)[C@H](c3ccc(CO)cc3)O2)c1. The molecule has 1 saturated heterocycles. The summed E-state index contributed by atoms with van der Waals surface area (Å²) in [5.41, 5.74) is 6.02. The molecule has 0 bridgehead atoms. The summed E-state index contributed by atoms with van der Waals surface area (Å²) in [5.74, 6) is 1.29. The molecule has 2 amide bonds. The number of ether oxygens (including phenoxy) is 2. The lowest BCUT2D eigenvalue weighted by Gasteiger charge is -2.41. The molecule has 1 aliphatic heterocycles. The summed E-state index contributed by atoms with van der Waals surface area (Å²) in [7, 11) is 0. The molecule has 6 rings (SSSR count). The molecular formula is C37H37N3O5S. The Kier molecular flexibility index (Phi) is 10.1. The van der Waals surface area contributed by atoms with Gasteiger partial charge < -0.3 is 29.6 Å². The Labute approximate surface area is 273 Å². The van der Waals surface area contributed by atoms with E-state index in [-0.39, 0.29) is 30.8 Å². The number of aromatic nitrogens is 1. The normalized spacial score (nSPS) is 19.5. The molecule has 3 N–H and O–H groups in total. The average Bonchev–Trinajstić information content (AvgIpc) is 3.53. The van der Waals surface area contributed by atoms with Gasteiger partial charge in [-0.3, -0.25) is 0 Å². The highest BCUT2D eigenvalue weighted by Gasteiger charge is 2.39. The maximum atomic E-state index is 12.2. The maximum absolute atomic E-state index is 12.2. The summed E-state index contributed by atoms with van der Waals surface area (Å²) in [6, 6.07) is 35.1. The summed E-state index contributed by atoms with van der Waals surface area (Å²) in [4.78, 5) is 17.1. The number of rotatable bonds is 10. The van der Waals surface area contributed by atoms with Crippen LogP contribution in [-0.2, 0) is 16.1 Å². The number of hydrogen-bond acceptors (Lipinski definition) is 7. The quantitative estimate of drug-likeness (QED) is 0.133. The first-order valence-corrected chi connectivity index (χ1v) is 16.4. The molecule has 0 saturated carbocycles. The van der Waals surface area contributed by atoms with Crippen LogP contribution in [0.5, 0.6) is 0 Å². The van der Waals surface area contributed by atoms with Gasteiger partial charge in [0.2, 0.25) is 0 Å². The number of oxazole rings is 1. The molecule has 8 nitrogen and oxygen atoms in total. The van der Waals surface area contributed by atoms with Gasteiger partial charge in [-0.05, 0) is 30.2 Å². The van der Waals surface area contributed by atoms with E-state index in [0.29, 0.717) is 23.2 Å². The Balaban J connectivity index is 1.28. The van der Waals surface area contributed by atoms with Crippen molar-refractivity contribution in [3.05, 3.63) is 126 Å². The molecule has 1 unspecified atom stereocenters. The standard InChI is InChI=1S/C37H37N3O5S/c1-3-38-36(42)39-30-16-10-15-29(21-30)35-43-31(24(2)33(44-35)28-19-17-25(22-41)18-20-28)23-46-37-40-32(26-11-6-4-7-12-26)34(45-37)27-13-8-5-9-14-27/h4-21,24,31,33,35,41H,3,22-23H2,1-2H3,(H2,38,39,42)/t24-,31+,33+,35?/m0/s1. The number of carbonyl (C=O) groups excluding carboxylic acids is 1. The van der Waals surface area contributed by atoms with E-state index in [1.807, 2.05) is 116 Å². The third-order valence-electron chi connectivity index (χ3n) is 7.94. The van der Waals surface area contributed by atoms with Gasteiger partial charge in [0.1, 0.15) is 5.69 Å². The summed E-state index contributed by atoms with van der Waals surface area (Å²) in [5, 5.41) is 15.8. The molecule has 0 spiro atoms. The molecule has 46 heavy (non-hydrogen) atoms. The van der Waals surface area contributed by atoms with Crippen molar-refractivity contribution >= 4 is 23.5 Å². The number of aliphatic hydroxyl groups excluding tert-OH is 1. The molecule has 2 heterocycles. The van der Waals surface area contributed by atoms with Crippen molar-refractivity contribution in [2.24, 2.45) is 5.92 Å². The van der Waals surface area contributed by atoms with E-state index in [2.05, 4.69) is 17.6 Å². The Bertz CT molecular complexity index is 1670. The lowest BCUT2D eigenvalue weighted by atomic mass is 9.91. The number of urea groups is 1. The van der Waals surface area contributed by atoms with E-state index >= 15 is 0 Å². The first-order valence-electron chi connectivity index (χ1n) is 15.4. The molecule has 4 aromatic carbocycles. The van der Waals surface area contributed by atoms with Crippen molar-refractivity contribution in [2.75, 3.05) is 17.6 Å². The van der Waals surface area contributed by atoms with E-state index in [4.69, 9.17) is 18.9 Å². The second-order valence-corrected chi connectivity index (χ2v) is 12.1. The van der Waals surface area contributed by atoms with Gasteiger partial charge in [-0.15, -0.1) is 0 Å². The Hall–Kier alpha value is -4.41. The molecule has 236 valence electrons. The molecule has 1 aliphatic rings. The Morgan fingerprint density at radius 1 is 0.870 bits per heavy atom. The minimum atomic E-state index is -0.676. The first kappa shape index (κ1) is 31.6. The fraction of sp³-hybridized carbons (Fsp3) is 0.243. The van der Waals surface area contributed by atoms with Crippen molar-refractivity contribution < 1.29 is 23.8 Å². The van der Waals surface area contributed by atoms with Gasteiger partial charge >= 0.3 is 6.03 Å². The van der Waals surface area contributed by atoms with E-state index in [1.165, 1.54) is 11.8 Å². The zero-order valence-corrected chi connectivity index (χ0v) is 26.6. The Morgan fingerprint density at radius 2 is 1.59 bits per heavy atom. The summed E-state index contributed by atoms with van der Waals surface area (Å²) >= 11 is 1.52. The van der Waals surface area contributed by atoms with Crippen molar-refractivity contribution in [1.29, 1.82) is 0 Å². The minimum absolute atomic E-state index is 0.0162. The number of amides is 2. The molecule has 4 atom stereocenters. The zero-order chi connectivity index (χ0) is 31.9. The van der Waals surface area contributed by atoms with Gasteiger partial charge in [-0.2, -0.15) is 0 Å². The predicted octanol–water partition coefficient (Wildman–Crippen LogP) is 8.23. The van der Waals surface area contributed by atoms with E-state index in [1.54, 1.807) is 0 Å². The second kappa shape index (κ2) is 14.8.